The summed E-state index contributed by atoms with van der Waals surface area (Å²) >= 11 is 0. The van der Waals surface area contributed by atoms with Crippen molar-refractivity contribution in [3.63, 3.8) is 0 Å². The average Bonchev–Trinajstić information content (AvgIpc) is 3.78. The van der Waals surface area contributed by atoms with E-state index in [4.69, 9.17) is 4.42 Å². The summed E-state index contributed by atoms with van der Waals surface area (Å²) in [5.74, 6) is 0. The van der Waals surface area contributed by atoms with Gasteiger partial charge >= 0.3 is 0 Å². The molecule has 270 valence electrons. The number of fused-ring (bicyclic) bond motifs is 10. The highest BCUT2D eigenvalue weighted by Gasteiger charge is 2.42. The van der Waals surface area contributed by atoms with Crippen molar-refractivity contribution in [1.29, 1.82) is 0 Å². The van der Waals surface area contributed by atoms with Crippen LogP contribution in [0.15, 0.2) is 205 Å². The summed E-state index contributed by atoms with van der Waals surface area (Å²) in [5, 5.41) is 4.80. The fourth-order valence-electron chi connectivity index (χ4n) is 9.35. The highest BCUT2D eigenvalue weighted by molar-refractivity contribution is 6.26. The molecule has 0 atom stereocenters. The molecule has 1 heterocycles. The van der Waals surface area contributed by atoms with Gasteiger partial charge in [0.05, 0.1) is 5.69 Å². The van der Waals surface area contributed by atoms with Crippen molar-refractivity contribution in [2.75, 3.05) is 4.90 Å². The number of hydrogen-bond acceptors (Lipinski definition) is 2. The lowest BCUT2D eigenvalue weighted by molar-refractivity contribution is 0.658. The molecule has 0 spiro atoms. The van der Waals surface area contributed by atoms with Crippen LogP contribution >= 0.6 is 0 Å². The van der Waals surface area contributed by atoms with Gasteiger partial charge in [0.1, 0.15) is 11.2 Å². The van der Waals surface area contributed by atoms with Gasteiger partial charge in [-0.1, -0.05) is 172 Å². The molecule has 9 aromatic carbocycles. The van der Waals surface area contributed by atoms with E-state index >= 15 is 0 Å². The molecule has 11 rings (SSSR count). The molecular weight excluding hydrogens is 691 g/mol. The first kappa shape index (κ1) is 33.2. The van der Waals surface area contributed by atoms with Crippen LogP contribution in [0.4, 0.5) is 17.1 Å². The number of anilines is 3. The van der Waals surface area contributed by atoms with E-state index in [0.29, 0.717) is 0 Å². The molecule has 2 heteroatoms. The Bertz CT molecular complexity index is 3020. The van der Waals surface area contributed by atoms with Gasteiger partial charge in [-0.3, -0.25) is 0 Å². The highest BCUT2D eigenvalue weighted by Crippen LogP contribution is 2.59. The van der Waals surface area contributed by atoms with Crippen molar-refractivity contribution in [2.24, 2.45) is 0 Å². The van der Waals surface area contributed by atoms with E-state index in [-0.39, 0.29) is 5.41 Å². The first-order valence-corrected chi connectivity index (χ1v) is 19.8. The zero-order valence-corrected chi connectivity index (χ0v) is 31.9. The van der Waals surface area contributed by atoms with Crippen molar-refractivity contribution in [2.45, 2.75) is 19.3 Å². The van der Waals surface area contributed by atoms with Crippen molar-refractivity contribution < 1.29 is 4.42 Å². The minimum absolute atomic E-state index is 0.289. The van der Waals surface area contributed by atoms with E-state index < -0.39 is 0 Å². The van der Waals surface area contributed by atoms with Crippen LogP contribution in [0.5, 0.6) is 0 Å². The Balaban J connectivity index is 1.18. The Morgan fingerprint density at radius 3 is 1.47 bits per heavy atom. The standard InChI is InChI=1S/C55H39NO/c1-55(2)47-23-14-24-48(56(42-30-25-39(26-31-42)36-15-6-3-7-16-36)43-32-27-40(28-33-43)37-17-8-4-9-18-37)51(47)52-53(55)45-22-13-12-21-44(45)50-46-35-41(38-19-10-5-11-20-38)29-34-49(46)57-54(50)52/h3-35H,1-2H3. The quantitative estimate of drug-likeness (QED) is 0.169. The van der Waals surface area contributed by atoms with Crippen LogP contribution in [0, 0.1) is 0 Å². The van der Waals surface area contributed by atoms with Crippen LogP contribution in [0.3, 0.4) is 0 Å². The van der Waals surface area contributed by atoms with Crippen molar-refractivity contribution >= 4 is 49.8 Å². The number of rotatable bonds is 6. The van der Waals surface area contributed by atoms with Gasteiger partial charge in [-0.25, -0.2) is 0 Å². The molecule has 1 aliphatic carbocycles. The number of nitrogens with zero attached hydrogens (tertiary/aromatic N) is 1. The molecule has 0 amide bonds. The largest absolute Gasteiger partial charge is 0.455 e. The third-order valence-electron chi connectivity index (χ3n) is 12.0. The van der Waals surface area contributed by atoms with E-state index in [1.807, 2.05) is 0 Å². The molecule has 0 saturated heterocycles. The lowest BCUT2D eigenvalue weighted by Gasteiger charge is -2.29. The smallest absolute Gasteiger partial charge is 0.144 e. The van der Waals surface area contributed by atoms with Crippen LogP contribution in [0.25, 0.3) is 77.2 Å². The van der Waals surface area contributed by atoms with E-state index in [1.54, 1.807) is 0 Å². The fraction of sp³-hybridized carbons (Fsp3) is 0.0545. The molecule has 57 heavy (non-hydrogen) atoms. The van der Waals surface area contributed by atoms with Crippen molar-refractivity contribution in [3.05, 3.63) is 211 Å². The van der Waals surface area contributed by atoms with Crippen molar-refractivity contribution in [3.8, 4) is 44.5 Å². The molecule has 0 unspecified atom stereocenters. The topological polar surface area (TPSA) is 16.4 Å². The van der Waals surface area contributed by atoms with Crippen LogP contribution in [-0.4, -0.2) is 0 Å². The third-order valence-corrected chi connectivity index (χ3v) is 12.0. The normalized spacial score (nSPS) is 12.9. The Labute approximate surface area is 332 Å². The summed E-state index contributed by atoms with van der Waals surface area (Å²) in [6, 6.07) is 72.3. The van der Waals surface area contributed by atoms with E-state index in [0.717, 1.165) is 33.6 Å². The molecule has 1 aromatic heterocycles. The first-order chi connectivity index (χ1) is 28.0. The Kier molecular flexibility index (Phi) is 7.55. The zero-order valence-electron chi connectivity index (χ0n) is 31.9. The second-order valence-corrected chi connectivity index (χ2v) is 15.7. The summed E-state index contributed by atoms with van der Waals surface area (Å²) in [6.07, 6.45) is 0. The molecule has 0 aliphatic heterocycles. The van der Waals surface area contributed by atoms with Gasteiger partial charge in [0.15, 0.2) is 0 Å². The lowest BCUT2D eigenvalue weighted by atomic mass is 9.79. The molecule has 2 nitrogen and oxygen atoms in total. The molecule has 1 aliphatic rings. The fourth-order valence-corrected chi connectivity index (χ4v) is 9.35. The van der Waals surface area contributed by atoms with Gasteiger partial charge in [0.2, 0.25) is 0 Å². The second-order valence-electron chi connectivity index (χ2n) is 15.7. The number of hydrogen-bond donors (Lipinski definition) is 0. The van der Waals surface area contributed by atoms with Gasteiger partial charge < -0.3 is 9.32 Å². The predicted octanol–water partition coefficient (Wildman–Crippen LogP) is 15.5. The molecule has 0 saturated carbocycles. The Morgan fingerprint density at radius 2 is 0.895 bits per heavy atom. The van der Waals surface area contributed by atoms with Gasteiger partial charge in [-0.05, 0) is 97.7 Å². The molecule has 0 radical (unpaired) electrons. The lowest BCUT2D eigenvalue weighted by Crippen LogP contribution is -2.16. The zero-order chi connectivity index (χ0) is 38.1. The second kappa shape index (κ2) is 13.0. The minimum atomic E-state index is -0.289. The SMILES string of the molecule is CC1(C)c2cccc(N(c3ccc(-c4ccccc4)cc3)c3ccc(-c4ccccc4)cc3)c2-c2c1c1ccccc1c1c2oc2ccc(-c3ccccc3)cc21. The highest BCUT2D eigenvalue weighted by atomic mass is 16.3. The number of benzene rings is 9. The summed E-state index contributed by atoms with van der Waals surface area (Å²) in [6.45, 7) is 4.76. The van der Waals surface area contributed by atoms with Gasteiger partial charge in [0, 0.05) is 38.7 Å². The Morgan fingerprint density at radius 1 is 0.404 bits per heavy atom. The maximum absolute atomic E-state index is 7.10. The maximum atomic E-state index is 7.10. The van der Waals surface area contributed by atoms with Crippen LogP contribution in [0.2, 0.25) is 0 Å². The molecule has 0 N–H and O–H groups in total. The van der Waals surface area contributed by atoms with E-state index in [1.165, 1.54) is 71.8 Å². The molecule has 10 aromatic rings. The van der Waals surface area contributed by atoms with E-state index in [2.05, 4.69) is 219 Å². The first-order valence-electron chi connectivity index (χ1n) is 19.8. The summed E-state index contributed by atoms with van der Waals surface area (Å²) < 4.78 is 7.10. The van der Waals surface area contributed by atoms with Crippen molar-refractivity contribution in [1.82, 2.24) is 0 Å². The minimum Gasteiger partial charge on any atom is -0.455 e. The monoisotopic (exact) mass is 729 g/mol. The van der Waals surface area contributed by atoms with Crippen LogP contribution in [-0.2, 0) is 5.41 Å². The van der Waals surface area contributed by atoms with Gasteiger partial charge in [-0.2, -0.15) is 0 Å². The van der Waals surface area contributed by atoms with Crippen LogP contribution < -0.4 is 4.90 Å². The third kappa shape index (κ3) is 5.25. The molecule has 0 fully saturated rings. The Hall–Kier alpha value is -7.16. The summed E-state index contributed by atoms with van der Waals surface area (Å²) in [5.41, 5.74) is 17.0. The summed E-state index contributed by atoms with van der Waals surface area (Å²) in [4.78, 5) is 2.44. The average molecular weight is 730 g/mol. The summed E-state index contributed by atoms with van der Waals surface area (Å²) in [7, 11) is 0. The predicted molar refractivity (Wildman–Crippen MR) is 240 cm³/mol. The van der Waals surface area contributed by atoms with Crippen LogP contribution in [0.1, 0.15) is 25.0 Å². The van der Waals surface area contributed by atoms with Gasteiger partial charge in [0.25, 0.3) is 0 Å². The van der Waals surface area contributed by atoms with E-state index in [9.17, 15) is 0 Å². The molecule has 0 bridgehead atoms. The maximum Gasteiger partial charge on any atom is 0.144 e. The van der Waals surface area contributed by atoms with Gasteiger partial charge in [-0.15, -0.1) is 0 Å². The number of furan rings is 1. The molecular formula is C55H39NO.